The number of hydrogen-bond donors (Lipinski definition) is 0. The number of carbonyl (C=O) groups excluding carboxylic acids is 1. The second-order valence-electron chi connectivity index (χ2n) is 7.30. The lowest BCUT2D eigenvalue weighted by Gasteiger charge is -2.41. The van der Waals surface area contributed by atoms with Crippen LogP contribution in [0.2, 0.25) is 0 Å². The predicted molar refractivity (Wildman–Crippen MR) is 74.9 cm³/mol. The lowest BCUT2D eigenvalue weighted by molar-refractivity contribution is -0.144. The minimum absolute atomic E-state index is 0.0199. The molecule has 0 aliphatic rings. The number of amides is 1. The Morgan fingerprint density at radius 3 is 1.76 bits per heavy atom. The van der Waals surface area contributed by atoms with Gasteiger partial charge in [0, 0.05) is 18.5 Å². The fourth-order valence-electron chi connectivity index (χ4n) is 2.24. The third-order valence-electron chi connectivity index (χ3n) is 3.75. The van der Waals surface area contributed by atoms with E-state index in [2.05, 4.69) is 55.4 Å². The molecule has 0 N–H and O–H groups in total. The molecular weight excluding hydrogens is 210 g/mol. The van der Waals surface area contributed by atoms with E-state index in [1.807, 2.05) is 11.9 Å². The van der Waals surface area contributed by atoms with Gasteiger partial charge in [-0.05, 0) is 32.1 Å². The highest BCUT2D eigenvalue weighted by atomic mass is 16.2. The molecule has 0 aromatic heterocycles. The Kier molecular flexibility index (Phi) is 5.24. The second-order valence-corrected chi connectivity index (χ2v) is 7.30. The number of carbonyl (C=O) groups is 1. The molecule has 0 bridgehead atoms. The van der Waals surface area contributed by atoms with Gasteiger partial charge in [-0.2, -0.15) is 0 Å². The zero-order valence-corrected chi connectivity index (χ0v) is 13.2. The van der Waals surface area contributed by atoms with Crippen molar-refractivity contribution in [2.75, 3.05) is 7.05 Å². The molecule has 0 aromatic rings. The first-order chi connectivity index (χ1) is 7.42. The molecule has 0 heterocycles. The van der Waals surface area contributed by atoms with Crippen LogP contribution in [0.15, 0.2) is 0 Å². The van der Waals surface area contributed by atoms with Gasteiger partial charge in [-0.1, -0.05) is 41.0 Å². The Morgan fingerprint density at radius 2 is 1.53 bits per heavy atom. The van der Waals surface area contributed by atoms with Crippen molar-refractivity contribution in [1.82, 2.24) is 4.90 Å². The summed E-state index contributed by atoms with van der Waals surface area (Å²) in [5, 5.41) is 0. The third kappa shape index (κ3) is 4.33. The molecule has 0 aliphatic carbocycles. The Balaban J connectivity index is 5.16. The van der Waals surface area contributed by atoms with E-state index in [4.69, 9.17) is 0 Å². The van der Waals surface area contributed by atoms with Gasteiger partial charge in [0.15, 0.2) is 0 Å². The van der Waals surface area contributed by atoms with Gasteiger partial charge in [0.25, 0.3) is 0 Å². The molecule has 102 valence electrons. The number of nitrogens with zero attached hydrogens (tertiary/aromatic N) is 1. The molecular formula is C15H31NO. The van der Waals surface area contributed by atoms with Crippen molar-refractivity contribution in [3.8, 4) is 0 Å². The molecule has 17 heavy (non-hydrogen) atoms. The smallest absolute Gasteiger partial charge is 0.226 e. The zero-order chi connectivity index (χ0) is 14.0. The molecule has 0 saturated heterocycles. The van der Waals surface area contributed by atoms with Gasteiger partial charge in [-0.15, -0.1) is 0 Å². The van der Waals surface area contributed by atoms with Crippen molar-refractivity contribution in [1.29, 1.82) is 0 Å². The van der Waals surface area contributed by atoms with Crippen LogP contribution in [0.4, 0.5) is 0 Å². The SMILES string of the molecule is CCC(C)[C@@H](C(=O)N(C)C(C)(C)C)C(C)(C)C. The van der Waals surface area contributed by atoms with Gasteiger partial charge in [-0.25, -0.2) is 0 Å². The van der Waals surface area contributed by atoms with E-state index < -0.39 is 0 Å². The fraction of sp³-hybridized carbons (Fsp3) is 0.933. The normalized spacial score (nSPS) is 16.5. The van der Waals surface area contributed by atoms with E-state index in [9.17, 15) is 4.79 Å². The van der Waals surface area contributed by atoms with Crippen LogP contribution < -0.4 is 0 Å². The summed E-state index contributed by atoms with van der Waals surface area (Å²) >= 11 is 0. The van der Waals surface area contributed by atoms with E-state index in [0.717, 1.165) is 6.42 Å². The van der Waals surface area contributed by atoms with Crippen molar-refractivity contribution in [3.63, 3.8) is 0 Å². The summed E-state index contributed by atoms with van der Waals surface area (Å²) < 4.78 is 0. The largest absolute Gasteiger partial charge is 0.341 e. The highest BCUT2D eigenvalue weighted by molar-refractivity contribution is 5.80. The van der Waals surface area contributed by atoms with Gasteiger partial charge in [-0.3, -0.25) is 4.79 Å². The molecule has 0 aromatic carbocycles. The van der Waals surface area contributed by atoms with Gasteiger partial charge < -0.3 is 4.90 Å². The maximum absolute atomic E-state index is 12.7. The molecule has 0 rings (SSSR count). The predicted octanol–water partition coefficient (Wildman–Crippen LogP) is 3.95. The molecule has 2 atom stereocenters. The first-order valence-electron chi connectivity index (χ1n) is 6.70. The summed E-state index contributed by atoms with van der Waals surface area (Å²) in [6, 6.07) is 0. The highest BCUT2D eigenvalue weighted by Crippen LogP contribution is 2.36. The Morgan fingerprint density at radius 1 is 1.12 bits per heavy atom. The monoisotopic (exact) mass is 241 g/mol. The second kappa shape index (κ2) is 5.41. The Labute approximate surface area is 108 Å². The van der Waals surface area contributed by atoms with Gasteiger partial charge in [0.1, 0.15) is 0 Å². The molecule has 0 radical (unpaired) electrons. The Hall–Kier alpha value is -0.530. The topological polar surface area (TPSA) is 20.3 Å². The highest BCUT2D eigenvalue weighted by Gasteiger charge is 2.38. The van der Waals surface area contributed by atoms with Crippen LogP contribution in [-0.4, -0.2) is 23.4 Å². The maximum Gasteiger partial charge on any atom is 0.226 e. The summed E-state index contributed by atoms with van der Waals surface area (Å²) in [5.74, 6) is 0.795. The minimum atomic E-state index is -0.103. The molecule has 2 nitrogen and oxygen atoms in total. The van der Waals surface area contributed by atoms with Crippen LogP contribution in [0.25, 0.3) is 0 Å². The summed E-state index contributed by atoms with van der Waals surface area (Å²) in [5.41, 5.74) is -0.0833. The van der Waals surface area contributed by atoms with E-state index in [0.29, 0.717) is 5.92 Å². The van der Waals surface area contributed by atoms with Crippen LogP contribution in [-0.2, 0) is 4.79 Å². The first-order valence-corrected chi connectivity index (χ1v) is 6.70. The fourth-order valence-corrected chi connectivity index (χ4v) is 2.24. The zero-order valence-electron chi connectivity index (χ0n) is 13.2. The average molecular weight is 241 g/mol. The third-order valence-corrected chi connectivity index (χ3v) is 3.75. The standard InChI is InChI=1S/C15H31NO/c1-10-11(2)12(14(3,4)5)13(17)16(9)15(6,7)8/h11-12H,10H2,1-9H3/t11?,12-/m0/s1. The summed E-state index contributed by atoms with van der Waals surface area (Å²) in [6.45, 7) is 17.1. The van der Waals surface area contributed by atoms with Crippen LogP contribution in [0.5, 0.6) is 0 Å². The molecule has 0 saturated carbocycles. The number of rotatable bonds is 3. The van der Waals surface area contributed by atoms with Crippen molar-refractivity contribution in [2.45, 2.75) is 67.3 Å². The van der Waals surface area contributed by atoms with E-state index in [-0.39, 0.29) is 22.8 Å². The first kappa shape index (κ1) is 16.5. The molecule has 0 fully saturated rings. The summed E-state index contributed by atoms with van der Waals surface area (Å²) in [6.07, 6.45) is 1.05. The van der Waals surface area contributed by atoms with Gasteiger partial charge >= 0.3 is 0 Å². The van der Waals surface area contributed by atoms with Crippen LogP contribution in [0.1, 0.15) is 61.8 Å². The van der Waals surface area contributed by atoms with Crippen LogP contribution in [0.3, 0.4) is 0 Å². The maximum atomic E-state index is 12.7. The average Bonchev–Trinajstić information content (AvgIpc) is 2.12. The molecule has 2 heteroatoms. The number of hydrogen-bond acceptors (Lipinski definition) is 1. The molecule has 0 aliphatic heterocycles. The van der Waals surface area contributed by atoms with Crippen LogP contribution >= 0.6 is 0 Å². The van der Waals surface area contributed by atoms with Gasteiger partial charge in [0.05, 0.1) is 0 Å². The van der Waals surface area contributed by atoms with E-state index >= 15 is 0 Å². The summed E-state index contributed by atoms with van der Waals surface area (Å²) in [4.78, 5) is 14.6. The summed E-state index contributed by atoms with van der Waals surface area (Å²) in [7, 11) is 1.92. The van der Waals surface area contributed by atoms with E-state index in [1.165, 1.54) is 0 Å². The molecule has 1 unspecified atom stereocenters. The van der Waals surface area contributed by atoms with Crippen molar-refractivity contribution in [3.05, 3.63) is 0 Å². The van der Waals surface area contributed by atoms with Crippen molar-refractivity contribution < 1.29 is 4.79 Å². The lowest BCUT2D eigenvalue weighted by atomic mass is 9.71. The minimum Gasteiger partial charge on any atom is -0.341 e. The lowest BCUT2D eigenvalue weighted by Crippen LogP contribution is -2.49. The van der Waals surface area contributed by atoms with Crippen LogP contribution in [0, 0.1) is 17.3 Å². The molecule has 1 amide bonds. The Bertz CT molecular complexity index is 257. The quantitative estimate of drug-likeness (QED) is 0.732. The van der Waals surface area contributed by atoms with E-state index in [1.54, 1.807) is 0 Å². The molecule has 0 spiro atoms. The van der Waals surface area contributed by atoms with Gasteiger partial charge in [0.2, 0.25) is 5.91 Å². The van der Waals surface area contributed by atoms with Crippen molar-refractivity contribution in [2.24, 2.45) is 17.3 Å². The van der Waals surface area contributed by atoms with Crippen molar-refractivity contribution >= 4 is 5.91 Å².